The van der Waals surface area contributed by atoms with Gasteiger partial charge in [-0.25, -0.2) is 4.98 Å². The molecule has 0 spiro atoms. The van der Waals surface area contributed by atoms with Gasteiger partial charge in [0.05, 0.1) is 16.1 Å². The van der Waals surface area contributed by atoms with Gasteiger partial charge < -0.3 is 9.67 Å². The van der Waals surface area contributed by atoms with Gasteiger partial charge >= 0.3 is 0 Å². The Balaban J connectivity index is 2.26. The fourth-order valence-corrected chi connectivity index (χ4v) is 2.90. The Morgan fingerprint density at radius 3 is 2.59 bits per heavy atom. The van der Waals surface area contributed by atoms with Gasteiger partial charge in [0.25, 0.3) is 0 Å². The molecule has 0 amide bonds. The van der Waals surface area contributed by atoms with E-state index in [0.29, 0.717) is 11.4 Å². The third-order valence-electron chi connectivity index (χ3n) is 4.02. The highest BCUT2D eigenvalue weighted by atomic mass is 35.5. The number of nitrogens with zero attached hydrogens (tertiary/aromatic N) is 2. The summed E-state index contributed by atoms with van der Waals surface area (Å²) in [6, 6.07) is 12.0. The second-order valence-electron chi connectivity index (χ2n) is 5.57. The summed E-state index contributed by atoms with van der Waals surface area (Å²) in [4.78, 5) is 4.80. The first kappa shape index (κ1) is 15.1. The predicted octanol–water partition coefficient (Wildman–Crippen LogP) is 4.36. The summed E-state index contributed by atoms with van der Waals surface area (Å²) < 4.78 is 2.15. The standard InChI is InChI=1S/C18H19ClN2O/c1-12-10-16-17(11-13(12)2)21(8-5-9-22)18(20-16)14-6-3-4-7-15(14)19/h3-4,6-7,10-11,22H,5,8-9H2,1-2H3. The van der Waals surface area contributed by atoms with Crippen LogP contribution in [0.4, 0.5) is 0 Å². The van der Waals surface area contributed by atoms with Crippen molar-refractivity contribution in [3.05, 3.63) is 52.5 Å². The van der Waals surface area contributed by atoms with Crippen molar-refractivity contribution in [3.8, 4) is 11.4 Å². The molecule has 0 radical (unpaired) electrons. The van der Waals surface area contributed by atoms with E-state index in [9.17, 15) is 5.11 Å². The Bertz CT molecular complexity index is 823. The van der Waals surface area contributed by atoms with Crippen molar-refractivity contribution in [2.24, 2.45) is 0 Å². The third kappa shape index (κ3) is 2.62. The number of rotatable bonds is 4. The molecular formula is C18H19ClN2O. The van der Waals surface area contributed by atoms with Gasteiger partial charge in [0.2, 0.25) is 0 Å². The molecular weight excluding hydrogens is 296 g/mol. The van der Waals surface area contributed by atoms with Crippen LogP contribution in [0.1, 0.15) is 17.5 Å². The zero-order chi connectivity index (χ0) is 15.7. The molecule has 0 aliphatic carbocycles. The molecule has 3 aromatic rings. The second-order valence-corrected chi connectivity index (χ2v) is 5.98. The minimum atomic E-state index is 0.159. The topological polar surface area (TPSA) is 38.0 Å². The van der Waals surface area contributed by atoms with Crippen molar-refractivity contribution in [2.75, 3.05) is 6.61 Å². The number of aliphatic hydroxyl groups excluding tert-OH is 1. The second kappa shape index (κ2) is 6.11. The molecule has 0 aliphatic rings. The molecule has 0 unspecified atom stereocenters. The summed E-state index contributed by atoms with van der Waals surface area (Å²) in [6.07, 6.45) is 0.690. The van der Waals surface area contributed by atoms with Crippen LogP contribution in [0.3, 0.4) is 0 Å². The zero-order valence-electron chi connectivity index (χ0n) is 12.8. The third-order valence-corrected chi connectivity index (χ3v) is 4.35. The lowest BCUT2D eigenvalue weighted by atomic mass is 10.1. The fraction of sp³-hybridized carbons (Fsp3) is 0.278. The van der Waals surface area contributed by atoms with E-state index in [1.165, 1.54) is 11.1 Å². The molecule has 1 N–H and O–H groups in total. The maximum Gasteiger partial charge on any atom is 0.142 e. The van der Waals surface area contributed by atoms with Crippen LogP contribution in [0.15, 0.2) is 36.4 Å². The van der Waals surface area contributed by atoms with E-state index >= 15 is 0 Å². The van der Waals surface area contributed by atoms with Crippen LogP contribution >= 0.6 is 11.6 Å². The summed E-state index contributed by atoms with van der Waals surface area (Å²) >= 11 is 6.35. The highest BCUT2D eigenvalue weighted by Gasteiger charge is 2.15. The summed E-state index contributed by atoms with van der Waals surface area (Å²) in [7, 11) is 0. The van der Waals surface area contributed by atoms with Crippen LogP contribution in [0.25, 0.3) is 22.4 Å². The molecule has 3 rings (SSSR count). The highest BCUT2D eigenvalue weighted by molar-refractivity contribution is 6.33. The first-order valence-electron chi connectivity index (χ1n) is 7.45. The highest BCUT2D eigenvalue weighted by Crippen LogP contribution is 2.31. The molecule has 0 atom stereocenters. The molecule has 0 saturated carbocycles. The molecule has 3 nitrogen and oxygen atoms in total. The van der Waals surface area contributed by atoms with Crippen LogP contribution in [0, 0.1) is 13.8 Å². The van der Waals surface area contributed by atoms with E-state index < -0.39 is 0 Å². The number of imidazole rings is 1. The fourth-order valence-electron chi connectivity index (χ4n) is 2.68. The number of hydrogen-bond acceptors (Lipinski definition) is 2. The van der Waals surface area contributed by atoms with E-state index in [1.54, 1.807) is 0 Å². The SMILES string of the molecule is Cc1cc2nc(-c3ccccc3Cl)n(CCCO)c2cc1C. The van der Waals surface area contributed by atoms with E-state index in [0.717, 1.165) is 29.0 Å². The van der Waals surface area contributed by atoms with Crippen molar-refractivity contribution in [1.82, 2.24) is 9.55 Å². The Labute approximate surface area is 135 Å². The number of aryl methyl sites for hydroxylation is 3. The maximum atomic E-state index is 9.19. The largest absolute Gasteiger partial charge is 0.396 e. The average molecular weight is 315 g/mol. The zero-order valence-corrected chi connectivity index (χ0v) is 13.6. The number of fused-ring (bicyclic) bond motifs is 1. The van der Waals surface area contributed by atoms with Gasteiger partial charge in [-0.05, 0) is 55.7 Å². The van der Waals surface area contributed by atoms with Gasteiger partial charge in [0, 0.05) is 18.7 Å². The lowest BCUT2D eigenvalue weighted by Crippen LogP contribution is -2.03. The molecule has 0 saturated heterocycles. The van der Waals surface area contributed by atoms with Crippen molar-refractivity contribution < 1.29 is 5.11 Å². The van der Waals surface area contributed by atoms with Crippen LogP contribution in [0.2, 0.25) is 5.02 Å². The molecule has 0 fully saturated rings. The molecule has 4 heteroatoms. The summed E-state index contributed by atoms with van der Waals surface area (Å²) in [5, 5.41) is 9.88. The molecule has 114 valence electrons. The molecule has 1 aromatic heterocycles. The summed E-state index contributed by atoms with van der Waals surface area (Å²) in [6.45, 7) is 5.08. The minimum Gasteiger partial charge on any atom is -0.396 e. The van der Waals surface area contributed by atoms with Crippen molar-refractivity contribution in [3.63, 3.8) is 0 Å². The van der Waals surface area contributed by atoms with Gasteiger partial charge in [-0.1, -0.05) is 23.7 Å². The number of benzene rings is 2. The number of hydrogen-bond donors (Lipinski definition) is 1. The van der Waals surface area contributed by atoms with Crippen LogP contribution in [0.5, 0.6) is 0 Å². The van der Waals surface area contributed by atoms with Gasteiger partial charge in [-0.15, -0.1) is 0 Å². The molecule has 1 heterocycles. The van der Waals surface area contributed by atoms with Crippen molar-refractivity contribution in [1.29, 1.82) is 0 Å². The van der Waals surface area contributed by atoms with Crippen molar-refractivity contribution >= 4 is 22.6 Å². The summed E-state index contributed by atoms with van der Waals surface area (Å²) in [5.74, 6) is 0.860. The molecule has 22 heavy (non-hydrogen) atoms. The number of halogens is 1. The van der Waals surface area contributed by atoms with Crippen LogP contribution < -0.4 is 0 Å². The first-order chi connectivity index (χ1) is 10.6. The van der Waals surface area contributed by atoms with Crippen LogP contribution in [-0.4, -0.2) is 21.3 Å². The number of aromatic nitrogens is 2. The van der Waals surface area contributed by atoms with E-state index in [2.05, 4.69) is 30.5 Å². The normalized spacial score (nSPS) is 11.3. The Morgan fingerprint density at radius 2 is 1.86 bits per heavy atom. The quantitative estimate of drug-likeness (QED) is 0.777. The summed E-state index contributed by atoms with van der Waals surface area (Å²) in [5.41, 5.74) is 5.45. The van der Waals surface area contributed by atoms with Crippen LogP contribution in [-0.2, 0) is 6.54 Å². The Morgan fingerprint density at radius 1 is 1.14 bits per heavy atom. The van der Waals surface area contributed by atoms with Crippen molar-refractivity contribution in [2.45, 2.75) is 26.8 Å². The Hall–Kier alpha value is -1.84. The van der Waals surface area contributed by atoms with E-state index in [-0.39, 0.29) is 6.61 Å². The van der Waals surface area contributed by atoms with E-state index in [1.807, 2.05) is 24.3 Å². The molecule has 0 aliphatic heterocycles. The number of aliphatic hydroxyl groups is 1. The maximum absolute atomic E-state index is 9.19. The van der Waals surface area contributed by atoms with Gasteiger partial charge in [-0.2, -0.15) is 0 Å². The molecule has 2 aromatic carbocycles. The minimum absolute atomic E-state index is 0.159. The average Bonchev–Trinajstić information content (AvgIpc) is 2.83. The monoisotopic (exact) mass is 314 g/mol. The predicted molar refractivity (Wildman–Crippen MR) is 91.4 cm³/mol. The van der Waals surface area contributed by atoms with E-state index in [4.69, 9.17) is 16.6 Å². The van der Waals surface area contributed by atoms with Gasteiger partial charge in [-0.3, -0.25) is 0 Å². The molecule has 0 bridgehead atoms. The van der Waals surface area contributed by atoms with Gasteiger partial charge in [0.15, 0.2) is 0 Å². The Kier molecular flexibility index (Phi) is 4.19. The lowest BCUT2D eigenvalue weighted by molar-refractivity contribution is 0.281. The smallest absolute Gasteiger partial charge is 0.142 e. The lowest BCUT2D eigenvalue weighted by Gasteiger charge is -2.10. The van der Waals surface area contributed by atoms with Gasteiger partial charge in [0.1, 0.15) is 5.82 Å². The first-order valence-corrected chi connectivity index (χ1v) is 7.83.